The Bertz CT molecular complexity index is 726. The predicted octanol–water partition coefficient (Wildman–Crippen LogP) is 6.13. The van der Waals surface area contributed by atoms with Crippen molar-refractivity contribution in [1.29, 1.82) is 0 Å². The van der Waals surface area contributed by atoms with E-state index in [0.717, 1.165) is 62.6 Å². The normalized spacial score (nSPS) is 20.7. The van der Waals surface area contributed by atoms with Crippen molar-refractivity contribution in [2.24, 2.45) is 5.92 Å². The summed E-state index contributed by atoms with van der Waals surface area (Å²) in [5.74, 6) is 0.323. The van der Waals surface area contributed by atoms with Crippen LogP contribution < -0.4 is 4.90 Å². The quantitative estimate of drug-likeness (QED) is 0.488. The lowest BCUT2D eigenvalue weighted by atomic mass is 10.0. The van der Waals surface area contributed by atoms with Crippen molar-refractivity contribution in [1.82, 2.24) is 0 Å². The van der Waals surface area contributed by atoms with Crippen LogP contribution >= 0.6 is 11.3 Å². The number of thiophene rings is 1. The maximum Gasteiger partial charge on any atom is 0.230 e. The number of aliphatic hydroxyl groups is 1. The number of amides is 1. The molecule has 152 valence electrons. The Kier molecular flexibility index (Phi) is 7.69. The molecule has 1 N–H and O–H groups in total. The lowest BCUT2D eigenvalue weighted by Crippen LogP contribution is -2.33. The third kappa shape index (κ3) is 5.24. The molecular weight excluding hydrogens is 366 g/mol. The fourth-order valence-electron chi connectivity index (χ4n) is 4.19. The minimum atomic E-state index is -0.407. The van der Waals surface area contributed by atoms with Gasteiger partial charge in [-0.1, -0.05) is 51.3 Å². The van der Waals surface area contributed by atoms with E-state index in [9.17, 15) is 9.90 Å². The van der Waals surface area contributed by atoms with Crippen LogP contribution in [0.5, 0.6) is 0 Å². The topological polar surface area (TPSA) is 40.5 Å². The summed E-state index contributed by atoms with van der Waals surface area (Å²) in [5.41, 5.74) is 1.92. The van der Waals surface area contributed by atoms with E-state index in [0.29, 0.717) is 0 Å². The van der Waals surface area contributed by atoms with Crippen molar-refractivity contribution in [3.63, 3.8) is 0 Å². The van der Waals surface area contributed by atoms with Crippen molar-refractivity contribution >= 4 is 22.9 Å². The lowest BCUT2D eigenvalue weighted by molar-refractivity contribution is -0.120. The first-order chi connectivity index (χ1) is 13.6. The average molecular weight is 400 g/mol. The van der Waals surface area contributed by atoms with Gasteiger partial charge in [0, 0.05) is 22.5 Å². The van der Waals surface area contributed by atoms with Gasteiger partial charge in [-0.2, -0.15) is 0 Å². The molecule has 1 aromatic carbocycles. The van der Waals surface area contributed by atoms with Gasteiger partial charge in [-0.3, -0.25) is 4.79 Å². The molecule has 3 unspecified atom stereocenters. The molecule has 1 amide bonds. The molecular formula is C24H33NO2S. The molecule has 3 nitrogen and oxygen atoms in total. The van der Waals surface area contributed by atoms with Gasteiger partial charge in [0.1, 0.15) is 0 Å². The molecule has 2 aromatic rings. The number of nitrogens with zero attached hydrogens (tertiary/aromatic N) is 1. The van der Waals surface area contributed by atoms with Gasteiger partial charge in [0.2, 0.25) is 5.91 Å². The zero-order chi connectivity index (χ0) is 19.9. The molecule has 2 heterocycles. The number of carbonyl (C=O) groups excluding carboxylic acids is 1. The molecule has 0 spiro atoms. The molecule has 28 heavy (non-hydrogen) atoms. The van der Waals surface area contributed by atoms with Gasteiger partial charge in [0.05, 0.1) is 6.10 Å². The first-order valence-corrected chi connectivity index (χ1v) is 11.6. The smallest absolute Gasteiger partial charge is 0.230 e. The van der Waals surface area contributed by atoms with Crippen LogP contribution in [0.15, 0.2) is 41.8 Å². The number of benzene rings is 1. The van der Waals surface area contributed by atoms with E-state index >= 15 is 0 Å². The number of aliphatic hydroxyl groups excluding tert-OH is 1. The van der Waals surface area contributed by atoms with Crippen molar-refractivity contribution in [2.45, 2.75) is 77.4 Å². The number of hydrogen-bond donors (Lipinski definition) is 1. The maximum atomic E-state index is 12.8. The standard InChI is InChI=1S/C24H33NO2S/c1-3-4-5-11-23(26)19-12-14-20(15-13-19)25-21(17-18(2)24(25)27)8-6-9-22-10-7-16-28-22/h7,10,12-16,18,21,23,26H,3-6,8-9,11,17H2,1-2H3. The van der Waals surface area contributed by atoms with Gasteiger partial charge in [-0.05, 0) is 61.2 Å². The van der Waals surface area contributed by atoms with Crippen LogP contribution in [-0.4, -0.2) is 17.1 Å². The number of aryl methyl sites for hydroxylation is 1. The Morgan fingerprint density at radius 2 is 1.96 bits per heavy atom. The van der Waals surface area contributed by atoms with E-state index < -0.39 is 6.10 Å². The first kappa shape index (κ1) is 21.1. The van der Waals surface area contributed by atoms with Crippen molar-refractivity contribution in [2.75, 3.05) is 4.90 Å². The number of anilines is 1. The summed E-state index contributed by atoms with van der Waals surface area (Å²) in [6.07, 6.45) is 7.93. The van der Waals surface area contributed by atoms with Crippen molar-refractivity contribution in [3.05, 3.63) is 52.2 Å². The van der Waals surface area contributed by atoms with Crippen molar-refractivity contribution in [3.8, 4) is 0 Å². The molecule has 0 radical (unpaired) electrons. The second-order valence-electron chi connectivity index (χ2n) is 8.07. The molecule has 1 aliphatic heterocycles. The summed E-state index contributed by atoms with van der Waals surface area (Å²) >= 11 is 1.81. The second-order valence-corrected chi connectivity index (χ2v) is 9.11. The molecule has 0 saturated carbocycles. The van der Waals surface area contributed by atoms with E-state index in [1.807, 2.05) is 47.4 Å². The molecule has 0 aliphatic carbocycles. The third-order valence-electron chi connectivity index (χ3n) is 5.83. The van der Waals surface area contributed by atoms with Gasteiger partial charge in [-0.25, -0.2) is 0 Å². The van der Waals surface area contributed by atoms with Crippen LogP contribution in [0, 0.1) is 5.92 Å². The summed E-state index contributed by atoms with van der Waals surface area (Å²) in [5, 5.41) is 12.5. The molecule has 1 aliphatic rings. The average Bonchev–Trinajstić information content (AvgIpc) is 3.31. The van der Waals surface area contributed by atoms with Crippen LogP contribution in [-0.2, 0) is 11.2 Å². The summed E-state index contributed by atoms with van der Waals surface area (Å²) in [4.78, 5) is 16.2. The van der Waals surface area contributed by atoms with Crippen LogP contribution in [0.25, 0.3) is 0 Å². The monoisotopic (exact) mass is 399 g/mol. The fourth-order valence-corrected chi connectivity index (χ4v) is 4.95. The zero-order valence-corrected chi connectivity index (χ0v) is 18.0. The summed E-state index contributed by atoms with van der Waals surface area (Å²) in [7, 11) is 0. The molecule has 3 atom stereocenters. The highest BCUT2D eigenvalue weighted by Crippen LogP contribution is 2.34. The lowest BCUT2D eigenvalue weighted by Gasteiger charge is -2.25. The van der Waals surface area contributed by atoms with E-state index in [-0.39, 0.29) is 17.9 Å². The van der Waals surface area contributed by atoms with Gasteiger partial charge < -0.3 is 10.0 Å². The van der Waals surface area contributed by atoms with Crippen LogP contribution in [0.3, 0.4) is 0 Å². The molecule has 3 rings (SSSR count). The summed E-state index contributed by atoms with van der Waals surface area (Å²) in [6.45, 7) is 4.21. The van der Waals surface area contributed by atoms with Crippen molar-refractivity contribution < 1.29 is 9.90 Å². The zero-order valence-electron chi connectivity index (χ0n) is 17.1. The Morgan fingerprint density at radius 3 is 2.64 bits per heavy atom. The molecule has 4 heteroatoms. The summed E-state index contributed by atoms with van der Waals surface area (Å²) < 4.78 is 0. The summed E-state index contributed by atoms with van der Waals surface area (Å²) in [6, 6.07) is 12.6. The number of unbranched alkanes of at least 4 members (excludes halogenated alkanes) is 2. The van der Waals surface area contributed by atoms with E-state index in [1.165, 1.54) is 4.88 Å². The molecule has 1 saturated heterocycles. The Morgan fingerprint density at radius 1 is 1.18 bits per heavy atom. The highest BCUT2D eigenvalue weighted by atomic mass is 32.1. The Hall–Kier alpha value is -1.65. The maximum absolute atomic E-state index is 12.8. The number of hydrogen-bond acceptors (Lipinski definition) is 3. The SMILES string of the molecule is CCCCCC(O)c1ccc(N2C(=O)C(C)CC2CCCc2cccs2)cc1. The van der Waals surface area contributed by atoms with E-state index in [4.69, 9.17) is 0 Å². The molecule has 1 aromatic heterocycles. The van der Waals surface area contributed by atoms with Gasteiger partial charge in [0.25, 0.3) is 0 Å². The van der Waals surface area contributed by atoms with Gasteiger partial charge in [-0.15, -0.1) is 11.3 Å². The van der Waals surface area contributed by atoms with E-state index in [2.05, 4.69) is 24.4 Å². The molecule has 0 bridgehead atoms. The first-order valence-electron chi connectivity index (χ1n) is 10.7. The van der Waals surface area contributed by atoms with E-state index in [1.54, 1.807) is 0 Å². The van der Waals surface area contributed by atoms with Gasteiger partial charge >= 0.3 is 0 Å². The Balaban J connectivity index is 1.62. The highest BCUT2D eigenvalue weighted by Gasteiger charge is 2.37. The minimum absolute atomic E-state index is 0.0889. The van der Waals surface area contributed by atoms with Gasteiger partial charge in [0.15, 0.2) is 0 Å². The number of carbonyl (C=O) groups is 1. The third-order valence-corrected chi connectivity index (χ3v) is 6.76. The van der Waals surface area contributed by atoms with Crippen LogP contribution in [0.1, 0.15) is 75.3 Å². The van der Waals surface area contributed by atoms with Crippen LogP contribution in [0.4, 0.5) is 5.69 Å². The number of rotatable bonds is 10. The highest BCUT2D eigenvalue weighted by molar-refractivity contribution is 7.09. The second kappa shape index (κ2) is 10.2. The molecule has 1 fully saturated rings. The largest absolute Gasteiger partial charge is 0.388 e. The minimum Gasteiger partial charge on any atom is -0.388 e. The van der Waals surface area contributed by atoms with Crippen LogP contribution in [0.2, 0.25) is 0 Å². The fraction of sp³-hybridized carbons (Fsp3) is 0.542. The Labute approximate surface area is 173 Å². The predicted molar refractivity (Wildman–Crippen MR) is 118 cm³/mol.